The second kappa shape index (κ2) is 8.68. The Labute approximate surface area is 231 Å². The van der Waals surface area contributed by atoms with Gasteiger partial charge in [-0.2, -0.15) is 5.10 Å². The Morgan fingerprint density at radius 3 is 2.56 bits per heavy atom. The zero-order chi connectivity index (χ0) is 27.9. The Hall–Kier alpha value is -3.13. The minimum atomic E-state index is -0.478. The monoisotopic (exact) mass is 531 g/mol. The van der Waals surface area contributed by atoms with Crippen molar-refractivity contribution in [3.8, 4) is 11.1 Å². The van der Waals surface area contributed by atoms with Crippen LogP contribution >= 0.6 is 0 Å². The molecule has 8 heteroatoms. The summed E-state index contributed by atoms with van der Waals surface area (Å²) in [5.41, 5.74) is 7.71. The van der Waals surface area contributed by atoms with Crippen molar-refractivity contribution in [2.24, 2.45) is 12.5 Å². The number of fused-ring (bicyclic) bond motifs is 2. The van der Waals surface area contributed by atoms with Gasteiger partial charge in [0.15, 0.2) is 0 Å². The second-order valence-electron chi connectivity index (χ2n) is 13.6. The molecule has 1 aromatic carbocycles. The molecule has 6 rings (SSSR count). The molecule has 0 bridgehead atoms. The molecule has 8 nitrogen and oxygen atoms in total. The van der Waals surface area contributed by atoms with Crippen LogP contribution in [0.4, 0.5) is 10.6 Å². The molecule has 0 saturated carbocycles. The summed E-state index contributed by atoms with van der Waals surface area (Å²) in [7, 11) is 2.02. The van der Waals surface area contributed by atoms with Gasteiger partial charge in [0.05, 0.1) is 29.6 Å². The summed E-state index contributed by atoms with van der Waals surface area (Å²) in [5, 5.41) is 5.72. The fourth-order valence-electron chi connectivity index (χ4n) is 6.71. The van der Waals surface area contributed by atoms with Gasteiger partial charge in [0.2, 0.25) is 0 Å². The molecule has 0 atom stereocenters. The van der Waals surface area contributed by atoms with Crippen LogP contribution in [0.3, 0.4) is 0 Å². The average Bonchev–Trinajstić information content (AvgIpc) is 3.42. The van der Waals surface area contributed by atoms with Crippen LogP contribution in [0.25, 0.3) is 22.0 Å². The molecule has 1 amide bonds. The maximum absolute atomic E-state index is 12.6. The van der Waals surface area contributed by atoms with E-state index in [4.69, 9.17) is 14.5 Å². The van der Waals surface area contributed by atoms with Gasteiger partial charge in [-0.05, 0) is 71.6 Å². The summed E-state index contributed by atoms with van der Waals surface area (Å²) in [5.74, 6) is 1.06. The number of rotatable bonds is 2. The van der Waals surface area contributed by atoms with Gasteiger partial charge < -0.3 is 19.3 Å². The quantitative estimate of drug-likeness (QED) is 0.432. The van der Waals surface area contributed by atoms with Gasteiger partial charge in [-0.1, -0.05) is 12.1 Å². The fraction of sp³-hybridized carbons (Fsp3) is 0.581. The normalized spacial score (nSPS) is 19.9. The van der Waals surface area contributed by atoms with E-state index in [2.05, 4.69) is 49.8 Å². The number of benzene rings is 1. The van der Waals surface area contributed by atoms with Gasteiger partial charge in [0.1, 0.15) is 11.4 Å². The Balaban J connectivity index is 1.39. The molecular weight excluding hydrogens is 490 g/mol. The van der Waals surface area contributed by atoms with E-state index in [-0.39, 0.29) is 17.1 Å². The number of hydrogen-bond donors (Lipinski definition) is 0. The van der Waals surface area contributed by atoms with Crippen LogP contribution in [0.5, 0.6) is 0 Å². The topological polar surface area (TPSA) is 72.7 Å². The molecular formula is C31H41N5O3. The van der Waals surface area contributed by atoms with Crippen molar-refractivity contribution in [2.75, 3.05) is 31.1 Å². The Bertz CT molecular complexity index is 1480. The minimum absolute atomic E-state index is 0.0987. The number of carbonyl (C=O) groups is 1. The number of aryl methyl sites for hydroxylation is 2. The van der Waals surface area contributed by atoms with Crippen molar-refractivity contribution in [3.05, 3.63) is 40.7 Å². The summed E-state index contributed by atoms with van der Waals surface area (Å²) in [4.78, 5) is 22.3. The van der Waals surface area contributed by atoms with Crippen molar-refractivity contribution in [1.29, 1.82) is 0 Å². The van der Waals surface area contributed by atoms with Crippen LogP contribution < -0.4 is 4.90 Å². The number of aromatic nitrogens is 3. The van der Waals surface area contributed by atoms with Crippen LogP contribution in [-0.2, 0) is 29.5 Å². The third kappa shape index (κ3) is 4.46. The highest BCUT2D eigenvalue weighted by molar-refractivity contribution is 5.98. The highest BCUT2D eigenvalue weighted by Gasteiger charge is 2.51. The van der Waals surface area contributed by atoms with E-state index >= 15 is 0 Å². The lowest BCUT2D eigenvalue weighted by Gasteiger charge is -2.47. The standard InChI is InChI=1S/C31H41N5O3/c1-19-9-10-21-14-32-34(8)26(21)24(19)25-20(2)27(33-23-13-30(6,7)38-15-22(23)25)35-12-11-31(16-35)17-36(18-31)28(37)39-29(3,4)5/h9-10,14H,11-13,15-18H2,1-8H3. The molecule has 2 fully saturated rings. The molecule has 1 spiro atoms. The first kappa shape index (κ1) is 26.1. The van der Waals surface area contributed by atoms with Crippen molar-refractivity contribution >= 4 is 22.8 Å². The molecule has 0 radical (unpaired) electrons. The van der Waals surface area contributed by atoms with E-state index in [0.29, 0.717) is 6.61 Å². The predicted octanol–water partition coefficient (Wildman–Crippen LogP) is 5.55. The largest absolute Gasteiger partial charge is 0.444 e. The van der Waals surface area contributed by atoms with Crippen LogP contribution in [0.1, 0.15) is 63.4 Å². The van der Waals surface area contributed by atoms with Crippen molar-refractivity contribution in [3.63, 3.8) is 0 Å². The number of nitrogens with zero attached hydrogens (tertiary/aromatic N) is 5. The summed E-state index contributed by atoms with van der Waals surface area (Å²) >= 11 is 0. The number of ether oxygens (including phenoxy) is 2. The smallest absolute Gasteiger partial charge is 0.410 e. The maximum atomic E-state index is 12.6. The third-order valence-corrected chi connectivity index (χ3v) is 8.61. The number of likely N-dealkylation sites (tertiary alicyclic amines) is 1. The molecule has 2 saturated heterocycles. The summed E-state index contributed by atoms with van der Waals surface area (Å²) in [6.45, 7) is 18.3. The van der Waals surface area contributed by atoms with Gasteiger partial charge in [0.25, 0.3) is 0 Å². The number of amides is 1. The highest BCUT2D eigenvalue weighted by Crippen LogP contribution is 2.46. The van der Waals surface area contributed by atoms with Crippen LogP contribution in [0.15, 0.2) is 18.3 Å². The second-order valence-corrected chi connectivity index (χ2v) is 13.6. The zero-order valence-corrected chi connectivity index (χ0v) is 24.6. The van der Waals surface area contributed by atoms with E-state index in [1.54, 1.807) is 0 Å². The molecule has 208 valence electrons. The minimum Gasteiger partial charge on any atom is -0.444 e. The number of anilines is 1. The lowest BCUT2D eigenvalue weighted by atomic mass is 9.79. The van der Waals surface area contributed by atoms with E-state index in [1.165, 1.54) is 27.8 Å². The van der Waals surface area contributed by atoms with Gasteiger partial charge in [-0.3, -0.25) is 4.68 Å². The summed E-state index contributed by atoms with van der Waals surface area (Å²) in [6.07, 6.45) is 3.55. The first-order valence-corrected chi connectivity index (χ1v) is 14.1. The third-order valence-electron chi connectivity index (χ3n) is 8.61. The van der Waals surface area contributed by atoms with Gasteiger partial charge in [-0.15, -0.1) is 0 Å². The average molecular weight is 532 g/mol. The van der Waals surface area contributed by atoms with Crippen molar-refractivity contribution in [2.45, 2.75) is 79.1 Å². The SMILES string of the molecule is Cc1ccc2cnn(C)c2c1-c1c(C)c(N2CCC3(CN(C(=O)OC(C)(C)C)C3)C2)nc2c1COC(C)(C)C2. The first-order chi connectivity index (χ1) is 18.3. The van der Waals surface area contributed by atoms with E-state index in [9.17, 15) is 4.79 Å². The van der Waals surface area contributed by atoms with E-state index in [1.807, 2.05) is 43.6 Å². The zero-order valence-electron chi connectivity index (χ0n) is 24.6. The number of carbonyl (C=O) groups excluding carboxylic acids is 1. The van der Waals surface area contributed by atoms with Crippen molar-refractivity contribution < 1.29 is 14.3 Å². The predicted molar refractivity (Wildman–Crippen MR) is 153 cm³/mol. The molecule has 3 aliphatic rings. The van der Waals surface area contributed by atoms with Crippen molar-refractivity contribution in [1.82, 2.24) is 19.7 Å². The van der Waals surface area contributed by atoms with Gasteiger partial charge in [0, 0.05) is 61.6 Å². The summed E-state index contributed by atoms with van der Waals surface area (Å²) < 4.78 is 13.9. The molecule has 2 aromatic heterocycles. The number of pyridine rings is 1. The van der Waals surface area contributed by atoms with Crippen LogP contribution in [0, 0.1) is 19.3 Å². The van der Waals surface area contributed by atoms with E-state index in [0.717, 1.165) is 61.4 Å². The van der Waals surface area contributed by atoms with E-state index < -0.39 is 5.60 Å². The Kier molecular flexibility index (Phi) is 5.81. The lowest BCUT2D eigenvalue weighted by Crippen LogP contribution is -2.60. The van der Waals surface area contributed by atoms with Gasteiger partial charge in [-0.25, -0.2) is 9.78 Å². The molecule has 3 aromatic rings. The van der Waals surface area contributed by atoms with Crippen LogP contribution in [-0.4, -0.2) is 63.1 Å². The molecule has 39 heavy (non-hydrogen) atoms. The number of hydrogen-bond acceptors (Lipinski definition) is 6. The summed E-state index contributed by atoms with van der Waals surface area (Å²) in [6, 6.07) is 4.35. The molecule has 5 heterocycles. The molecule has 0 unspecified atom stereocenters. The first-order valence-electron chi connectivity index (χ1n) is 14.1. The molecule has 0 aliphatic carbocycles. The maximum Gasteiger partial charge on any atom is 0.410 e. The van der Waals surface area contributed by atoms with Crippen LogP contribution in [0.2, 0.25) is 0 Å². The fourth-order valence-corrected chi connectivity index (χ4v) is 6.71. The highest BCUT2D eigenvalue weighted by atomic mass is 16.6. The molecule has 3 aliphatic heterocycles. The Morgan fingerprint density at radius 2 is 1.85 bits per heavy atom. The Morgan fingerprint density at radius 1 is 1.10 bits per heavy atom. The molecule has 0 N–H and O–H groups in total. The lowest BCUT2D eigenvalue weighted by molar-refractivity contribution is -0.0410. The van der Waals surface area contributed by atoms with Gasteiger partial charge >= 0.3 is 6.09 Å².